The number of nitrogens with one attached hydrogen (secondary N) is 1. The Hall–Kier alpha value is -2.21. The largest absolute Gasteiger partial charge is 0.467 e. The van der Waals surface area contributed by atoms with Crippen LogP contribution in [0.5, 0.6) is 0 Å². The molecule has 0 radical (unpaired) electrons. The molecule has 2 rings (SSSR count). The normalized spacial score (nSPS) is 12.2. The van der Waals surface area contributed by atoms with E-state index in [2.05, 4.69) is 5.32 Å². The molecule has 1 aromatic carbocycles. The average molecular weight is 281 g/mol. The maximum Gasteiger partial charge on any atom is 0.251 e. The van der Waals surface area contributed by atoms with Crippen LogP contribution in [0, 0.1) is 11.6 Å². The van der Waals surface area contributed by atoms with Gasteiger partial charge in [-0.2, -0.15) is 0 Å². The quantitative estimate of drug-likeness (QED) is 0.884. The van der Waals surface area contributed by atoms with Crippen LogP contribution < -0.4 is 5.32 Å². The number of aliphatic hydroxyl groups is 1. The Morgan fingerprint density at radius 1 is 1.30 bits per heavy atom. The Bertz CT molecular complexity index is 584. The van der Waals surface area contributed by atoms with Crippen molar-refractivity contribution in [3.8, 4) is 0 Å². The summed E-state index contributed by atoms with van der Waals surface area (Å²) < 4.78 is 30.7. The molecule has 1 heterocycles. The smallest absolute Gasteiger partial charge is 0.251 e. The van der Waals surface area contributed by atoms with Gasteiger partial charge in [-0.25, -0.2) is 8.78 Å². The van der Waals surface area contributed by atoms with Gasteiger partial charge in [0.1, 0.15) is 11.9 Å². The van der Waals surface area contributed by atoms with Crippen molar-refractivity contribution in [2.45, 2.75) is 12.5 Å². The molecule has 0 bridgehead atoms. The van der Waals surface area contributed by atoms with E-state index in [1.54, 1.807) is 12.1 Å². The molecule has 1 atom stereocenters. The summed E-state index contributed by atoms with van der Waals surface area (Å²) in [5, 5.41) is 12.2. The van der Waals surface area contributed by atoms with Gasteiger partial charge in [0.15, 0.2) is 11.6 Å². The van der Waals surface area contributed by atoms with E-state index in [9.17, 15) is 18.7 Å². The maximum atomic E-state index is 13.0. The molecule has 0 fully saturated rings. The standard InChI is InChI=1S/C14H13F2NO3/c15-10-4-3-9(8-11(10)16)14(19)17-6-5-12(18)13-2-1-7-20-13/h1-4,7-8,12,18H,5-6H2,(H,17,19). The highest BCUT2D eigenvalue weighted by molar-refractivity contribution is 5.94. The number of halogens is 2. The van der Waals surface area contributed by atoms with Crippen LogP contribution in [0.2, 0.25) is 0 Å². The first-order valence-electron chi connectivity index (χ1n) is 6.02. The zero-order valence-corrected chi connectivity index (χ0v) is 10.5. The molecule has 0 aliphatic rings. The van der Waals surface area contributed by atoms with Crippen molar-refractivity contribution in [2.24, 2.45) is 0 Å². The number of hydrogen-bond acceptors (Lipinski definition) is 3. The van der Waals surface area contributed by atoms with Gasteiger partial charge in [0, 0.05) is 12.1 Å². The lowest BCUT2D eigenvalue weighted by Gasteiger charge is -2.09. The fraction of sp³-hybridized carbons (Fsp3) is 0.214. The molecule has 20 heavy (non-hydrogen) atoms. The summed E-state index contributed by atoms with van der Waals surface area (Å²) in [5.41, 5.74) is 0.0244. The van der Waals surface area contributed by atoms with Crippen molar-refractivity contribution < 1.29 is 23.1 Å². The second-order valence-corrected chi connectivity index (χ2v) is 4.20. The van der Waals surface area contributed by atoms with Gasteiger partial charge >= 0.3 is 0 Å². The summed E-state index contributed by atoms with van der Waals surface area (Å²) in [4.78, 5) is 11.7. The molecule has 1 amide bonds. The Labute approximate surface area is 114 Å². The van der Waals surface area contributed by atoms with E-state index in [1.807, 2.05) is 0 Å². The minimum atomic E-state index is -1.08. The molecule has 106 valence electrons. The Balaban J connectivity index is 1.84. The predicted molar refractivity (Wildman–Crippen MR) is 67.0 cm³/mol. The number of benzene rings is 1. The van der Waals surface area contributed by atoms with E-state index in [1.165, 1.54) is 12.3 Å². The van der Waals surface area contributed by atoms with Gasteiger partial charge in [0.2, 0.25) is 0 Å². The fourth-order valence-corrected chi connectivity index (χ4v) is 1.68. The van der Waals surface area contributed by atoms with Crippen LogP contribution in [0.1, 0.15) is 28.6 Å². The highest BCUT2D eigenvalue weighted by atomic mass is 19.2. The zero-order chi connectivity index (χ0) is 14.5. The lowest BCUT2D eigenvalue weighted by atomic mass is 10.2. The number of amides is 1. The SMILES string of the molecule is O=C(NCCC(O)c1ccco1)c1ccc(F)c(F)c1. The second kappa shape index (κ2) is 6.29. The zero-order valence-electron chi connectivity index (χ0n) is 10.5. The van der Waals surface area contributed by atoms with Crippen LogP contribution in [0.25, 0.3) is 0 Å². The number of carbonyl (C=O) groups is 1. The fourth-order valence-electron chi connectivity index (χ4n) is 1.68. The molecule has 0 aliphatic carbocycles. The molecule has 2 N–H and O–H groups in total. The summed E-state index contributed by atoms with van der Waals surface area (Å²) in [6.45, 7) is 0.180. The van der Waals surface area contributed by atoms with Gasteiger partial charge in [-0.05, 0) is 36.8 Å². The summed E-state index contributed by atoms with van der Waals surface area (Å²) in [7, 11) is 0. The number of aliphatic hydroxyl groups excluding tert-OH is 1. The molecular weight excluding hydrogens is 268 g/mol. The molecule has 0 saturated heterocycles. The van der Waals surface area contributed by atoms with E-state index in [4.69, 9.17) is 4.42 Å². The minimum absolute atomic E-state index is 0.0244. The number of furan rings is 1. The Morgan fingerprint density at radius 2 is 2.10 bits per heavy atom. The molecule has 6 heteroatoms. The Kier molecular flexibility index (Phi) is 4.47. The number of rotatable bonds is 5. The predicted octanol–water partition coefficient (Wildman–Crippen LogP) is 2.41. The molecule has 0 spiro atoms. The van der Waals surface area contributed by atoms with E-state index >= 15 is 0 Å². The molecule has 1 unspecified atom stereocenters. The highest BCUT2D eigenvalue weighted by Gasteiger charge is 2.12. The molecule has 1 aromatic heterocycles. The van der Waals surface area contributed by atoms with Crippen molar-refractivity contribution in [2.75, 3.05) is 6.54 Å². The van der Waals surface area contributed by atoms with Crippen LogP contribution in [0.15, 0.2) is 41.0 Å². The van der Waals surface area contributed by atoms with Crippen LogP contribution in [-0.2, 0) is 0 Å². The third-order valence-corrected chi connectivity index (χ3v) is 2.76. The monoisotopic (exact) mass is 281 g/mol. The summed E-state index contributed by atoms with van der Waals surface area (Å²) in [6, 6.07) is 6.19. The topological polar surface area (TPSA) is 62.5 Å². The molecule has 2 aromatic rings. The first kappa shape index (κ1) is 14.2. The summed E-state index contributed by atoms with van der Waals surface area (Å²) in [5.74, 6) is -2.20. The van der Waals surface area contributed by atoms with Crippen molar-refractivity contribution >= 4 is 5.91 Å². The van der Waals surface area contributed by atoms with Gasteiger partial charge in [0.05, 0.1) is 6.26 Å². The van der Waals surface area contributed by atoms with Gasteiger partial charge in [-0.3, -0.25) is 4.79 Å². The Morgan fingerprint density at radius 3 is 2.75 bits per heavy atom. The van der Waals surface area contributed by atoms with Gasteiger partial charge < -0.3 is 14.8 Å². The first-order valence-corrected chi connectivity index (χ1v) is 6.02. The van der Waals surface area contributed by atoms with Crippen LogP contribution in [0.4, 0.5) is 8.78 Å². The summed E-state index contributed by atoms with van der Waals surface area (Å²) >= 11 is 0. The molecular formula is C14H13F2NO3. The molecule has 4 nitrogen and oxygen atoms in total. The third kappa shape index (κ3) is 3.42. The van der Waals surface area contributed by atoms with E-state index in [0.717, 1.165) is 12.1 Å². The van der Waals surface area contributed by atoms with Crippen LogP contribution in [-0.4, -0.2) is 17.6 Å². The van der Waals surface area contributed by atoms with Crippen molar-refractivity contribution in [3.63, 3.8) is 0 Å². The van der Waals surface area contributed by atoms with Crippen molar-refractivity contribution in [1.82, 2.24) is 5.32 Å². The molecule has 0 saturated carbocycles. The van der Waals surface area contributed by atoms with E-state index in [0.29, 0.717) is 5.76 Å². The lowest BCUT2D eigenvalue weighted by molar-refractivity contribution is 0.0935. The van der Waals surface area contributed by atoms with Crippen LogP contribution in [0.3, 0.4) is 0 Å². The average Bonchev–Trinajstić information content (AvgIpc) is 2.95. The lowest BCUT2D eigenvalue weighted by Crippen LogP contribution is -2.25. The van der Waals surface area contributed by atoms with Crippen LogP contribution >= 0.6 is 0 Å². The summed E-state index contributed by atoms with van der Waals surface area (Å²) in [6.07, 6.45) is 0.872. The highest BCUT2D eigenvalue weighted by Crippen LogP contribution is 2.16. The van der Waals surface area contributed by atoms with E-state index < -0.39 is 23.6 Å². The third-order valence-electron chi connectivity index (χ3n) is 2.76. The number of carbonyl (C=O) groups excluding carboxylic acids is 1. The van der Waals surface area contributed by atoms with Gasteiger partial charge in [0.25, 0.3) is 5.91 Å². The maximum absolute atomic E-state index is 13.0. The number of hydrogen-bond donors (Lipinski definition) is 2. The second-order valence-electron chi connectivity index (χ2n) is 4.20. The first-order chi connectivity index (χ1) is 9.58. The minimum Gasteiger partial charge on any atom is -0.467 e. The molecule has 0 aliphatic heterocycles. The van der Waals surface area contributed by atoms with E-state index in [-0.39, 0.29) is 18.5 Å². The van der Waals surface area contributed by atoms with Gasteiger partial charge in [-0.15, -0.1) is 0 Å². The van der Waals surface area contributed by atoms with Crippen molar-refractivity contribution in [3.05, 3.63) is 59.6 Å². The van der Waals surface area contributed by atoms with Gasteiger partial charge in [-0.1, -0.05) is 0 Å². The van der Waals surface area contributed by atoms with Crippen molar-refractivity contribution in [1.29, 1.82) is 0 Å².